The van der Waals surface area contributed by atoms with Crippen molar-refractivity contribution in [2.24, 2.45) is 0 Å². The third-order valence-electron chi connectivity index (χ3n) is 6.28. The zero-order chi connectivity index (χ0) is 27.4. The van der Waals surface area contributed by atoms with Crippen LogP contribution in [0.2, 0.25) is 0 Å². The third-order valence-corrected chi connectivity index (χ3v) is 6.28. The molecule has 0 bridgehead atoms. The lowest BCUT2D eigenvalue weighted by molar-refractivity contribution is -0.608. The van der Waals surface area contributed by atoms with Gasteiger partial charge in [0.05, 0.1) is 0 Å². The molecule has 206 valence electrons. The maximum atomic E-state index is 12.7. The van der Waals surface area contributed by atoms with E-state index >= 15 is 0 Å². The van der Waals surface area contributed by atoms with Gasteiger partial charge in [-0.15, -0.1) is 0 Å². The molecule has 1 atom stereocenters. The fourth-order valence-electron chi connectivity index (χ4n) is 4.21. The van der Waals surface area contributed by atoms with Gasteiger partial charge in [-0.2, -0.15) is 4.73 Å². The lowest BCUT2D eigenvalue weighted by Gasteiger charge is -2.25. The Hall–Kier alpha value is -3.48. The lowest BCUT2D eigenvalue weighted by atomic mass is 10.1. The quantitative estimate of drug-likeness (QED) is 0.132. The molecule has 0 radical (unpaired) electrons. The summed E-state index contributed by atoms with van der Waals surface area (Å²) in [7, 11) is 0. The zero-order valence-corrected chi connectivity index (χ0v) is 23.1. The Balaban J connectivity index is 1.57. The van der Waals surface area contributed by atoms with E-state index in [9.17, 15) is 14.8 Å². The van der Waals surface area contributed by atoms with Crippen LogP contribution < -0.4 is 10.0 Å². The van der Waals surface area contributed by atoms with Gasteiger partial charge < -0.3 is 15.4 Å². The van der Waals surface area contributed by atoms with E-state index < -0.39 is 5.91 Å². The number of carbonyl (C=O) groups excluding carboxylic acids is 2. The molecular weight excluding hydrogens is 476 g/mol. The Morgan fingerprint density at radius 2 is 1.63 bits per heavy atom. The molecule has 0 spiro atoms. The van der Waals surface area contributed by atoms with Gasteiger partial charge in [0.15, 0.2) is 0 Å². The highest BCUT2D eigenvalue weighted by Crippen LogP contribution is 2.18. The van der Waals surface area contributed by atoms with Crippen molar-refractivity contribution in [3.05, 3.63) is 89.7 Å². The highest BCUT2D eigenvalue weighted by atomic mass is 16.5. The van der Waals surface area contributed by atoms with Crippen molar-refractivity contribution in [3.63, 3.8) is 0 Å². The average molecular weight is 521 g/mol. The maximum Gasteiger partial charge on any atom is 0.319 e. The van der Waals surface area contributed by atoms with Gasteiger partial charge in [-0.25, -0.2) is 4.98 Å². The van der Waals surface area contributed by atoms with E-state index in [2.05, 4.69) is 78.0 Å². The van der Waals surface area contributed by atoms with E-state index in [1.807, 2.05) is 4.90 Å². The van der Waals surface area contributed by atoms with Gasteiger partial charge in [0.2, 0.25) is 12.1 Å². The first-order chi connectivity index (χ1) is 18.5. The first kappa shape index (κ1) is 30.7. The monoisotopic (exact) mass is 520 g/mol. The first-order valence-electron chi connectivity index (χ1n) is 13.9. The number of aryl methyl sites for hydroxylation is 1. The van der Waals surface area contributed by atoms with Crippen LogP contribution in [0.25, 0.3) is 0 Å². The molecule has 1 aromatic heterocycles. The second-order valence-corrected chi connectivity index (χ2v) is 9.43. The second kappa shape index (κ2) is 18.7. The van der Waals surface area contributed by atoms with Crippen LogP contribution in [0.1, 0.15) is 87.3 Å². The number of allylic oxidation sites excluding steroid dienone is 10. The summed E-state index contributed by atoms with van der Waals surface area (Å²) in [5.74, 6) is -0.338. The number of unbranched alkanes of at least 4 members (excludes halogenated alkanes) is 1. The maximum absolute atomic E-state index is 12.7. The van der Waals surface area contributed by atoms with Crippen LogP contribution in [0.5, 0.6) is 0 Å². The molecule has 0 unspecified atom stereocenters. The average Bonchev–Trinajstić information content (AvgIpc) is 3.38. The van der Waals surface area contributed by atoms with Crippen LogP contribution in [0.3, 0.4) is 0 Å². The molecule has 1 aliphatic heterocycles. The summed E-state index contributed by atoms with van der Waals surface area (Å²) in [6.45, 7) is 4.90. The van der Waals surface area contributed by atoms with Crippen molar-refractivity contribution in [2.45, 2.75) is 84.1 Å². The van der Waals surface area contributed by atoms with E-state index in [1.165, 1.54) is 12.4 Å². The second-order valence-electron chi connectivity index (χ2n) is 9.43. The Morgan fingerprint density at radius 1 is 1.03 bits per heavy atom. The Labute approximate surface area is 228 Å². The van der Waals surface area contributed by atoms with Crippen LogP contribution in [0.15, 0.2) is 73.2 Å². The number of hydrogen-bond acceptors (Lipinski definition) is 4. The molecule has 1 saturated heterocycles. The van der Waals surface area contributed by atoms with Crippen LogP contribution in [-0.2, 0) is 4.79 Å². The predicted molar refractivity (Wildman–Crippen MR) is 153 cm³/mol. The SMILES string of the molecule is CC/C=C\C/C=C\C/C=C\C/C=C\C/C=C\CCCC(=O)N1CCC[C@H]1CNC(=O)c1cnc(C)c[n+]1[O-]. The molecule has 1 fully saturated rings. The van der Waals surface area contributed by atoms with Crippen LogP contribution in [0.4, 0.5) is 0 Å². The first-order valence-corrected chi connectivity index (χ1v) is 13.9. The number of likely N-dealkylation sites (tertiary alicyclic amines) is 1. The van der Waals surface area contributed by atoms with E-state index in [0.717, 1.165) is 57.8 Å². The van der Waals surface area contributed by atoms with E-state index in [4.69, 9.17) is 0 Å². The number of nitrogens with one attached hydrogen (secondary N) is 1. The van der Waals surface area contributed by atoms with E-state index in [1.54, 1.807) is 6.92 Å². The zero-order valence-electron chi connectivity index (χ0n) is 23.1. The highest BCUT2D eigenvalue weighted by Gasteiger charge is 2.29. The minimum absolute atomic E-state index is 0.0290. The van der Waals surface area contributed by atoms with Gasteiger partial charge in [-0.05, 0) is 64.7 Å². The Bertz CT molecular complexity index is 1010. The van der Waals surface area contributed by atoms with Crippen molar-refractivity contribution in [2.75, 3.05) is 13.1 Å². The van der Waals surface area contributed by atoms with E-state index in [0.29, 0.717) is 29.9 Å². The molecular formula is C31H44N4O3. The summed E-state index contributed by atoms with van der Waals surface area (Å²) in [5, 5.41) is 14.7. The number of amides is 2. The molecule has 0 saturated carbocycles. The molecule has 0 aliphatic carbocycles. The Kier molecular flexibility index (Phi) is 15.1. The molecule has 1 aliphatic rings. The smallest absolute Gasteiger partial charge is 0.319 e. The van der Waals surface area contributed by atoms with Gasteiger partial charge in [0, 0.05) is 25.6 Å². The molecule has 0 aromatic carbocycles. The van der Waals surface area contributed by atoms with Crippen molar-refractivity contribution in [1.82, 2.24) is 15.2 Å². The van der Waals surface area contributed by atoms with Crippen molar-refractivity contribution in [3.8, 4) is 0 Å². The van der Waals surface area contributed by atoms with Gasteiger partial charge >= 0.3 is 5.91 Å². The minimum Gasteiger partial charge on any atom is -0.618 e. The lowest BCUT2D eigenvalue weighted by Crippen LogP contribution is -2.46. The topological polar surface area (TPSA) is 89.2 Å². The molecule has 1 aromatic rings. The van der Waals surface area contributed by atoms with Crippen molar-refractivity contribution in [1.29, 1.82) is 0 Å². The van der Waals surface area contributed by atoms with Gasteiger partial charge in [-0.1, -0.05) is 67.7 Å². The number of rotatable bonds is 16. The molecule has 2 amide bonds. The van der Waals surface area contributed by atoms with Crippen molar-refractivity contribution < 1.29 is 14.3 Å². The summed E-state index contributed by atoms with van der Waals surface area (Å²) in [5.41, 5.74) is 0.511. The number of hydrogen-bond donors (Lipinski definition) is 1. The van der Waals surface area contributed by atoms with Gasteiger partial charge in [0.25, 0.3) is 5.69 Å². The number of carbonyl (C=O) groups is 2. The third kappa shape index (κ3) is 12.2. The van der Waals surface area contributed by atoms with Crippen LogP contribution >= 0.6 is 0 Å². The van der Waals surface area contributed by atoms with Crippen molar-refractivity contribution >= 4 is 11.8 Å². The fourth-order valence-corrected chi connectivity index (χ4v) is 4.21. The molecule has 2 heterocycles. The van der Waals surface area contributed by atoms with Crippen LogP contribution in [0, 0.1) is 12.1 Å². The number of nitrogens with zero attached hydrogens (tertiary/aromatic N) is 3. The van der Waals surface area contributed by atoms with Crippen LogP contribution in [-0.4, -0.2) is 40.8 Å². The molecule has 1 N–H and O–H groups in total. The number of aromatic nitrogens is 2. The predicted octanol–water partition coefficient (Wildman–Crippen LogP) is 5.67. The van der Waals surface area contributed by atoms with E-state index in [-0.39, 0.29) is 17.6 Å². The molecule has 2 rings (SSSR count). The Morgan fingerprint density at radius 3 is 2.24 bits per heavy atom. The largest absolute Gasteiger partial charge is 0.618 e. The standard InChI is InChI=1S/C31H44N4O3/c1-3-4-5-6-7-8-9-10-11-12-13-14-15-16-17-18-19-22-30(36)34-23-20-21-28(34)24-33-31(37)29-25-32-27(2)26-35(29)38/h4-5,7-8,10-11,13-14,16-17,25-26,28H,3,6,9,12,15,18-24H2,1-2H3,(H,33,37)/b5-4-,8-7-,11-10-,14-13-,17-16-/t28-/m0/s1. The van der Waals surface area contributed by atoms with Gasteiger partial charge in [-0.3, -0.25) is 9.59 Å². The molecule has 38 heavy (non-hydrogen) atoms. The summed E-state index contributed by atoms with van der Waals surface area (Å²) >= 11 is 0. The normalized spacial score (nSPS) is 16.3. The van der Waals surface area contributed by atoms with Gasteiger partial charge in [0.1, 0.15) is 11.9 Å². The highest BCUT2D eigenvalue weighted by molar-refractivity contribution is 5.90. The fraction of sp³-hybridized carbons (Fsp3) is 0.484. The summed E-state index contributed by atoms with van der Waals surface area (Å²) in [6, 6.07) is -0.0290. The minimum atomic E-state index is -0.467. The molecule has 7 nitrogen and oxygen atoms in total. The summed E-state index contributed by atoms with van der Waals surface area (Å²) in [6.07, 6.45) is 33.2. The molecule has 7 heteroatoms. The summed E-state index contributed by atoms with van der Waals surface area (Å²) < 4.78 is 0.532. The summed E-state index contributed by atoms with van der Waals surface area (Å²) in [4.78, 5) is 31.0.